The summed E-state index contributed by atoms with van der Waals surface area (Å²) >= 11 is 0. The van der Waals surface area contributed by atoms with Crippen LogP contribution >= 0.6 is 0 Å². The quantitative estimate of drug-likeness (QED) is 0.677. The van der Waals surface area contributed by atoms with Crippen molar-refractivity contribution >= 4 is 11.6 Å². The van der Waals surface area contributed by atoms with E-state index in [-0.39, 0.29) is 12.0 Å². The lowest BCUT2D eigenvalue weighted by Gasteiger charge is -2.07. The molecule has 16 heavy (non-hydrogen) atoms. The number of amides is 1. The van der Waals surface area contributed by atoms with E-state index in [4.69, 9.17) is 4.84 Å². The minimum Gasteiger partial charge on any atom is -0.390 e. The number of carbonyl (C=O) groups excluding carboxylic acids is 1. The highest BCUT2D eigenvalue weighted by Crippen LogP contribution is 2.15. The van der Waals surface area contributed by atoms with Crippen LogP contribution in [0.3, 0.4) is 0 Å². The molecule has 4 heteroatoms. The molecule has 0 aromatic rings. The van der Waals surface area contributed by atoms with E-state index < -0.39 is 0 Å². The molecule has 0 bridgehead atoms. The standard InChI is InChI=1S/C12H22N2O2/c1-3-4-5-6-7-11-8-12(16-14-11)9-13-10(2)15/h12H,3-9H2,1-2H3,(H,13,15). The first-order chi connectivity index (χ1) is 7.72. The molecule has 4 nitrogen and oxygen atoms in total. The number of oxime groups is 1. The van der Waals surface area contributed by atoms with Crippen LogP contribution in [-0.2, 0) is 9.63 Å². The van der Waals surface area contributed by atoms with Crippen molar-refractivity contribution in [3.05, 3.63) is 0 Å². The van der Waals surface area contributed by atoms with E-state index in [9.17, 15) is 4.79 Å². The van der Waals surface area contributed by atoms with Gasteiger partial charge in [0.2, 0.25) is 5.91 Å². The highest BCUT2D eigenvalue weighted by Gasteiger charge is 2.20. The average Bonchev–Trinajstić information content (AvgIpc) is 2.70. The van der Waals surface area contributed by atoms with Crippen LogP contribution in [0.4, 0.5) is 0 Å². The third-order valence-corrected chi connectivity index (χ3v) is 2.69. The molecule has 0 aromatic heterocycles. The highest BCUT2D eigenvalue weighted by atomic mass is 16.6. The third-order valence-electron chi connectivity index (χ3n) is 2.69. The van der Waals surface area contributed by atoms with E-state index in [1.54, 1.807) is 0 Å². The monoisotopic (exact) mass is 226 g/mol. The van der Waals surface area contributed by atoms with Crippen LogP contribution in [0.15, 0.2) is 5.16 Å². The van der Waals surface area contributed by atoms with Crippen LogP contribution in [0.5, 0.6) is 0 Å². The molecule has 0 fully saturated rings. The Kier molecular flexibility index (Phi) is 5.90. The molecule has 92 valence electrons. The maximum Gasteiger partial charge on any atom is 0.217 e. The fraction of sp³-hybridized carbons (Fsp3) is 0.833. The number of carbonyl (C=O) groups is 1. The van der Waals surface area contributed by atoms with Gasteiger partial charge >= 0.3 is 0 Å². The molecule has 1 N–H and O–H groups in total. The van der Waals surface area contributed by atoms with Crippen molar-refractivity contribution in [2.24, 2.45) is 5.16 Å². The van der Waals surface area contributed by atoms with Crippen molar-refractivity contribution < 1.29 is 9.63 Å². The average molecular weight is 226 g/mol. The van der Waals surface area contributed by atoms with Gasteiger partial charge in [-0.1, -0.05) is 31.3 Å². The molecular formula is C12H22N2O2. The lowest BCUT2D eigenvalue weighted by molar-refractivity contribution is -0.119. The van der Waals surface area contributed by atoms with Crippen molar-refractivity contribution in [1.29, 1.82) is 0 Å². The Morgan fingerprint density at radius 1 is 1.50 bits per heavy atom. The van der Waals surface area contributed by atoms with Gasteiger partial charge in [0.15, 0.2) is 0 Å². The van der Waals surface area contributed by atoms with Gasteiger partial charge in [0, 0.05) is 13.3 Å². The molecule has 1 aliphatic heterocycles. The Labute approximate surface area is 97.4 Å². The summed E-state index contributed by atoms with van der Waals surface area (Å²) in [5.41, 5.74) is 1.14. The molecule has 0 aliphatic carbocycles. The predicted molar refractivity (Wildman–Crippen MR) is 64.4 cm³/mol. The van der Waals surface area contributed by atoms with E-state index in [0.717, 1.165) is 18.6 Å². The van der Waals surface area contributed by atoms with Crippen molar-refractivity contribution in [2.75, 3.05) is 6.54 Å². The first-order valence-corrected chi connectivity index (χ1v) is 6.18. The predicted octanol–water partition coefficient (Wildman–Crippen LogP) is 2.24. The first kappa shape index (κ1) is 13.0. The summed E-state index contributed by atoms with van der Waals surface area (Å²) in [6, 6.07) is 0. The molecule has 0 saturated heterocycles. The molecule has 0 spiro atoms. The zero-order chi connectivity index (χ0) is 11.8. The van der Waals surface area contributed by atoms with Gasteiger partial charge in [0.1, 0.15) is 6.10 Å². The second kappa shape index (κ2) is 7.25. The fourth-order valence-corrected chi connectivity index (χ4v) is 1.76. The minimum atomic E-state index is -0.0139. The summed E-state index contributed by atoms with van der Waals surface area (Å²) in [5, 5.41) is 6.81. The summed E-state index contributed by atoms with van der Waals surface area (Å²) in [6.45, 7) is 4.29. The van der Waals surface area contributed by atoms with Crippen molar-refractivity contribution in [2.45, 2.75) is 58.5 Å². The van der Waals surface area contributed by atoms with Crippen LogP contribution in [0, 0.1) is 0 Å². The number of rotatable bonds is 7. The Morgan fingerprint density at radius 2 is 2.31 bits per heavy atom. The summed E-state index contributed by atoms with van der Waals surface area (Å²) < 4.78 is 0. The number of hydrogen-bond acceptors (Lipinski definition) is 3. The highest BCUT2D eigenvalue weighted by molar-refractivity contribution is 5.85. The molecular weight excluding hydrogens is 204 g/mol. The molecule has 1 rings (SSSR count). The van der Waals surface area contributed by atoms with Gasteiger partial charge in [-0.25, -0.2) is 0 Å². The smallest absolute Gasteiger partial charge is 0.217 e. The first-order valence-electron chi connectivity index (χ1n) is 6.18. The summed E-state index contributed by atoms with van der Waals surface area (Å²) in [6.07, 6.45) is 6.97. The minimum absolute atomic E-state index is 0.0139. The van der Waals surface area contributed by atoms with Crippen LogP contribution in [-0.4, -0.2) is 24.3 Å². The van der Waals surface area contributed by atoms with Gasteiger partial charge in [0.25, 0.3) is 0 Å². The molecule has 0 saturated carbocycles. The van der Waals surface area contributed by atoms with Crippen molar-refractivity contribution in [3.63, 3.8) is 0 Å². The summed E-state index contributed by atoms with van der Waals surface area (Å²) in [4.78, 5) is 16.0. The summed E-state index contributed by atoms with van der Waals surface area (Å²) in [7, 11) is 0. The van der Waals surface area contributed by atoms with Crippen molar-refractivity contribution in [1.82, 2.24) is 5.32 Å². The normalized spacial score (nSPS) is 19.1. The van der Waals surface area contributed by atoms with Gasteiger partial charge in [-0.2, -0.15) is 0 Å². The van der Waals surface area contributed by atoms with E-state index in [1.165, 1.54) is 32.6 Å². The Balaban J connectivity index is 2.07. The van der Waals surface area contributed by atoms with Gasteiger partial charge < -0.3 is 10.2 Å². The van der Waals surface area contributed by atoms with Gasteiger partial charge in [-0.3, -0.25) is 4.79 Å². The molecule has 0 radical (unpaired) electrons. The number of hydrogen-bond donors (Lipinski definition) is 1. The number of nitrogens with zero attached hydrogens (tertiary/aromatic N) is 1. The second-order valence-corrected chi connectivity index (χ2v) is 4.34. The van der Waals surface area contributed by atoms with Gasteiger partial charge in [-0.05, 0) is 12.8 Å². The van der Waals surface area contributed by atoms with Crippen LogP contribution in [0.2, 0.25) is 0 Å². The van der Waals surface area contributed by atoms with E-state index in [0.29, 0.717) is 6.54 Å². The zero-order valence-corrected chi connectivity index (χ0v) is 10.3. The molecule has 1 atom stereocenters. The topological polar surface area (TPSA) is 50.7 Å². The Morgan fingerprint density at radius 3 is 3.00 bits per heavy atom. The zero-order valence-electron chi connectivity index (χ0n) is 10.3. The van der Waals surface area contributed by atoms with E-state index in [1.807, 2.05) is 0 Å². The maximum absolute atomic E-state index is 10.7. The summed E-state index contributed by atoms with van der Waals surface area (Å²) in [5.74, 6) is -0.0139. The molecule has 1 amide bonds. The SMILES string of the molecule is CCCCCCC1=NOC(CNC(C)=O)C1. The molecule has 1 aliphatic rings. The molecule has 1 heterocycles. The van der Waals surface area contributed by atoms with Gasteiger partial charge in [-0.15, -0.1) is 0 Å². The van der Waals surface area contributed by atoms with Crippen LogP contribution in [0.1, 0.15) is 52.4 Å². The van der Waals surface area contributed by atoms with Crippen LogP contribution < -0.4 is 5.32 Å². The lowest BCUT2D eigenvalue weighted by atomic mass is 10.1. The Hall–Kier alpha value is -1.06. The fourth-order valence-electron chi connectivity index (χ4n) is 1.76. The molecule has 1 unspecified atom stereocenters. The lowest BCUT2D eigenvalue weighted by Crippen LogP contribution is -2.30. The molecule has 0 aromatic carbocycles. The number of unbranched alkanes of at least 4 members (excludes halogenated alkanes) is 3. The van der Waals surface area contributed by atoms with Gasteiger partial charge in [0.05, 0.1) is 12.3 Å². The van der Waals surface area contributed by atoms with Crippen LogP contribution in [0.25, 0.3) is 0 Å². The number of nitrogens with one attached hydrogen (secondary N) is 1. The Bertz CT molecular complexity index is 251. The van der Waals surface area contributed by atoms with E-state index in [2.05, 4.69) is 17.4 Å². The largest absolute Gasteiger partial charge is 0.390 e. The van der Waals surface area contributed by atoms with Crippen molar-refractivity contribution in [3.8, 4) is 0 Å². The third kappa shape index (κ3) is 5.14. The second-order valence-electron chi connectivity index (χ2n) is 4.34. The van der Waals surface area contributed by atoms with E-state index >= 15 is 0 Å². The maximum atomic E-state index is 10.7.